The second kappa shape index (κ2) is 8.20. The lowest BCUT2D eigenvalue weighted by Crippen LogP contribution is -2.39. The van der Waals surface area contributed by atoms with Gasteiger partial charge in [-0.15, -0.1) is 0 Å². The number of fused-ring (bicyclic) bond motifs is 4. The lowest BCUT2D eigenvalue weighted by Gasteiger charge is -2.36. The molecular weight excluding hydrogens is 426 g/mol. The Morgan fingerprint density at radius 1 is 1.16 bits per heavy atom. The molecule has 162 valence electrons. The monoisotopic (exact) mass is 447 g/mol. The van der Waals surface area contributed by atoms with Gasteiger partial charge in [0.15, 0.2) is 4.96 Å². The summed E-state index contributed by atoms with van der Waals surface area (Å²) in [5.74, 6) is -0.501. The normalized spacial score (nSPS) is 15.7. The van der Waals surface area contributed by atoms with Gasteiger partial charge in [0.25, 0.3) is 5.56 Å². The molecule has 0 fully saturated rings. The summed E-state index contributed by atoms with van der Waals surface area (Å²) in [6.07, 6.45) is 0.824. The summed E-state index contributed by atoms with van der Waals surface area (Å²) < 4.78 is 8.00. The van der Waals surface area contributed by atoms with Crippen LogP contribution in [0.2, 0.25) is 0 Å². The quantitative estimate of drug-likeness (QED) is 0.448. The number of rotatable bonds is 4. The van der Waals surface area contributed by atoms with Crippen LogP contribution in [0.5, 0.6) is 0 Å². The van der Waals surface area contributed by atoms with Gasteiger partial charge in [0.1, 0.15) is 6.61 Å². The molecule has 0 bridgehead atoms. The average Bonchev–Trinajstić information content (AvgIpc) is 3.16. The number of ether oxygens (including phenoxy) is 1. The van der Waals surface area contributed by atoms with E-state index in [2.05, 4.69) is 4.98 Å². The van der Waals surface area contributed by atoms with Crippen LogP contribution < -0.4 is 5.56 Å². The van der Waals surface area contributed by atoms with E-state index in [-0.39, 0.29) is 30.5 Å². The summed E-state index contributed by atoms with van der Waals surface area (Å²) in [5, 5.41) is 0. The summed E-state index contributed by atoms with van der Waals surface area (Å²) in [7, 11) is 0. The molecule has 1 aliphatic heterocycles. The van der Waals surface area contributed by atoms with Gasteiger partial charge in [0.05, 0.1) is 28.4 Å². The Labute approximate surface area is 187 Å². The van der Waals surface area contributed by atoms with Crippen molar-refractivity contribution >= 4 is 38.4 Å². The SMILES string of the molecule is CC(=O)N1CCc2ccccc2[C@@H]1CC(=O)OCc1cc(=O)n2c(n1)sc1ccccc12. The van der Waals surface area contributed by atoms with E-state index in [1.807, 2.05) is 48.5 Å². The predicted molar refractivity (Wildman–Crippen MR) is 122 cm³/mol. The fourth-order valence-corrected chi connectivity index (χ4v) is 5.37. The van der Waals surface area contributed by atoms with Crippen molar-refractivity contribution in [2.45, 2.75) is 32.4 Å². The number of nitrogens with zero attached hydrogens (tertiary/aromatic N) is 3. The number of para-hydroxylation sites is 1. The topological polar surface area (TPSA) is 81.0 Å². The third-order valence-electron chi connectivity index (χ3n) is 5.81. The molecule has 0 N–H and O–H groups in total. The Balaban J connectivity index is 1.34. The molecule has 3 heterocycles. The van der Waals surface area contributed by atoms with E-state index in [4.69, 9.17) is 4.74 Å². The number of aromatic nitrogens is 2. The number of carbonyl (C=O) groups excluding carboxylic acids is 2. The van der Waals surface area contributed by atoms with E-state index < -0.39 is 5.97 Å². The Morgan fingerprint density at radius 3 is 2.78 bits per heavy atom. The molecule has 0 unspecified atom stereocenters. The Hall–Kier alpha value is -3.52. The molecular formula is C24H21N3O4S. The molecule has 2 aromatic carbocycles. The first-order valence-electron chi connectivity index (χ1n) is 10.4. The van der Waals surface area contributed by atoms with Gasteiger partial charge < -0.3 is 9.64 Å². The maximum Gasteiger partial charge on any atom is 0.308 e. The van der Waals surface area contributed by atoms with Crippen molar-refractivity contribution in [1.29, 1.82) is 0 Å². The molecule has 0 saturated heterocycles. The smallest absolute Gasteiger partial charge is 0.308 e. The van der Waals surface area contributed by atoms with E-state index in [9.17, 15) is 14.4 Å². The van der Waals surface area contributed by atoms with Gasteiger partial charge in [-0.05, 0) is 29.7 Å². The summed E-state index contributed by atoms with van der Waals surface area (Å²) >= 11 is 1.42. The summed E-state index contributed by atoms with van der Waals surface area (Å²) in [6.45, 7) is 2.00. The van der Waals surface area contributed by atoms with Crippen molar-refractivity contribution in [3.63, 3.8) is 0 Å². The summed E-state index contributed by atoms with van der Waals surface area (Å²) in [6, 6.07) is 16.5. The van der Waals surface area contributed by atoms with Crippen LogP contribution in [0.3, 0.4) is 0 Å². The molecule has 1 aliphatic rings. The van der Waals surface area contributed by atoms with E-state index in [0.717, 1.165) is 27.8 Å². The highest BCUT2D eigenvalue weighted by molar-refractivity contribution is 7.23. The van der Waals surface area contributed by atoms with Crippen LogP contribution in [0.15, 0.2) is 59.4 Å². The van der Waals surface area contributed by atoms with E-state index >= 15 is 0 Å². The van der Waals surface area contributed by atoms with Crippen LogP contribution in [-0.4, -0.2) is 32.7 Å². The van der Waals surface area contributed by atoms with Crippen LogP contribution >= 0.6 is 11.3 Å². The van der Waals surface area contributed by atoms with E-state index in [0.29, 0.717) is 17.2 Å². The zero-order valence-electron chi connectivity index (χ0n) is 17.5. The second-order valence-corrected chi connectivity index (χ2v) is 8.82. The first kappa shape index (κ1) is 20.4. The number of thiazole rings is 1. The fraction of sp³-hybridized carbons (Fsp3) is 0.250. The Bertz CT molecular complexity index is 1410. The predicted octanol–water partition coefficient (Wildman–Crippen LogP) is 3.49. The van der Waals surface area contributed by atoms with Crippen molar-refractivity contribution in [2.24, 2.45) is 0 Å². The lowest BCUT2D eigenvalue weighted by molar-refractivity contribution is -0.147. The molecule has 0 aliphatic carbocycles. The molecule has 2 aromatic heterocycles. The van der Waals surface area contributed by atoms with Crippen LogP contribution in [0.25, 0.3) is 15.2 Å². The second-order valence-electron chi connectivity index (χ2n) is 7.82. The number of carbonyl (C=O) groups is 2. The van der Waals surface area contributed by atoms with Crippen LogP contribution in [-0.2, 0) is 27.4 Å². The zero-order chi connectivity index (χ0) is 22.2. The van der Waals surface area contributed by atoms with Gasteiger partial charge >= 0.3 is 5.97 Å². The highest BCUT2D eigenvalue weighted by Gasteiger charge is 2.31. The Kier molecular flexibility index (Phi) is 5.22. The molecule has 1 amide bonds. The highest BCUT2D eigenvalue weighted by atomic mass is 32.1. The number of hydrogen-bond acceptors (Lipinski definition) is 6. The molecule has 0 radical (unpaired) electrons. The highest BCUT2D eigenvalue weighted by Crippen LogP contribution is 2.32. The van der Waals surface area contributed by atoms with Gasteiger partial charge in [0.2, 0.25) is 5.91 Å². The Morgan fingerprint density at radius 2 is 1.94 bits per heavy atom. The minimum absolute atomic E-state index is 0.0563. The molecule has 5 rings (SSSR count). The lowest BCUT2D eigenvalue weighted by atomic mass is 9.90. The van der Waals surface area contributed by atoms with Gasteiger partial charge in [-0.1, -0.05) is 47.7 Å². The molecule has 0 saturated carbocycles. The van der Waals surface area contributed by atoms with Crippen molar-refractivity contribution in [2.75, 3.05) is 6.54 Å². The first-order valence-corrected chi connectivity index (χ1v) is 11.2. The molecule has 8 heteroatoms. The molecule has 0 spiro atoms. The first-order chi connectivity index (χ1) is 15.5. The maximum absolute atomic E-state index is 12.7. The molecule has 4 aromatic rings. The third kappa shape index (κ3) is 3.67. The summed E-state index contributed by atoms with van der Waals surface area (Å²) in [4.78, 5) is 44.3. The van der Waals surface area contributed by atoms with Crippen molar-refractivity contribution in [3.05, 3.63) is 81.8 Å². The molecule has 7 nitrogen and oxygen atoms in total. The van der Waals surface area contributed by atoms with Crippen LogP contribution in [0.1, 0.15) is 36.2 Å². The molecule has 32 heavy (non-hydrogen) atoms. The van der Waals surface area contributed by atoms with Crippen molar-refractivity contribution in [3.8, 4) is 0 Å². The van der Waals surface area contributed by atoms with E-state index in [1.165, 1.54) is 24.3 Å². The minimum atomic E-state index is -0.434. The number of esters is 1. The number of amides is 1. The van der Waals surface area contributed by atoms with E-state index in [1.54, 1.807) is 9.30 Å². The van der Waals surface area contributed by atoms with Gasteiger partial charge in [-0.2, -0.15) is 0 Å². The minimum Gasteiger partial charge on any atom is -0.459 e. The maximum atomic E-state index is 12.7. The van der Waals surface area contributed by atoms with Gasteiger partial charge in [-0.3, -0.25) is 18.8 Å². The zero-order valence-corrected chi connectivity index (χ0v) is 18.3. The third-order valence-corrected chi connectivity index (χ3v) is 6.83. The van der Waals surface area contributed by atoms with Crippen LogP contribution in [0, 0.1) is 0 Å². The summed E-state index contributed by atoms with van der Waals surface area (Å²) in [5.41, 5.74) is 3.14. The van der Waals surface area contributed by atoms with Crippen molar-refractivity contribution in [1.82, 2.24) is 14.3 Å². The van der Waals surface area contributed by atoms with Gasteiger partial charge in [-0.25, -0.2) is 4.98 Å². The number of benzene rings is 2. The van der Waals surface area contributed by atoms with Crippen molar-refractivity contribution < 1.29 is 14.3 Å². The standard InChI is InChI=1S/C24H21N3O4S/c1-15(28)26-11-10-16-6-2-3-7-18(16)20(26)13-23(30)31-14-17-12-22(29)27-19-8-4-5-9-21(19)32-24(27)25-17/h2-9,12,20H,10-11,13-14H2,1H3/t20-/m0/s1. The average molecular weight is 448 g/mol. The largest absolute Gasteiger partial charge is 0.459 e. The van der Waals surface area contributed by atoms with Gasteiger partial charge in [0, 0.05) is 19.5 Å². The molecule has 1 atom stereocenters. The van der Waals surface area contributed by atoms with Crippen LogP contribution in [0.4, 0.5) is 0 Å². The fourth-order valence-electron chi connectivity index (χ4n) is 4.32. The number of hydrogen-bond donors (Lipinski definition) is 0.